The third-order valence-electron chi connectivity index (χ3n) is 15.9. The lowest BCUT2D eigenvalue weighted by Gasteiger charge is -2.60. The Morgan fingerprint density at radius 2 is 1.56 bits per heavy atom. The van der Waals surface area contributed by atoms with Crippen LogP contribution < -0.4 is 0 Å². The van der Waals surface area contributed by atoms with Gasteiger partial charge < -0.3 is 58.7 Å². The number of hydrogen-bond donors (Lipinski definition) is 5. The standard InChI is InChI=1S/C41H64O13/c1-18-10-13-41(48-17-18)19(2)30-28(54-41)16-27-25-9-8-23-14-24(43)15-29(40(23,7)26(25)11-12-39(27,30)6)52-38-36(33(46)31(44)20(3)50-38)53-37-34(47)35(51-22(5)42)32(45)21(4)49-37/h8,18-21,24-38,43-47H,9-17H2,1-7H3/t18-,19+,20-,21+,24-,25-,26-,27+,28+,29-,30-,31+,32-,33-,34-,35-,36-,37+,38+,39+,40+,41-/m1/s1. The largest absolute Gasteiger partial charge is 0.457 e. The minimum atomic E-state index is -1.61. The van der Waals surface area contributed by atoms with Crippen molar-refractivity contribution in [1.82, 2.24) is 0 Å². The molecule has 8 rings (SSSR count). The van der Waals surface area contributed by atoms with Gasteiger partial charge in [0.1, 0.15) is 30.5 Å². The summed E-state index contributed by atoms with van der Waals surface area (Å²) in [7, 11) is 0. The Balaban J connectivity index is 1.05. The van der Waals surface area contributed by atoms with Gasteiger partial charge in [0, 0.05) is 31.1 Å². The van der Waals surface area contributed by atoms with Crippen molar-refractivity contribution < 1.29 is 63.5 Å². The number of fused-ring (bicyclic) bond motifs is 7. The van der Waals surface area contributed by atoms with Gasteiger partial charge in [-0.25, -0.2) is 0 Å². The number of allylic oxidation sites excluding steroid dienone is 1. The number of esters is 1. The molecule has 4 aliphatic carbocycles. The Morgan fingerprint density at radius 1 is 0.833 bits per heavy atom. The second-order valence-corrected chi connectivity index (χ2v) is 18.9. The zero-order valence-corrected chi connectivity index (χ0v) is 32.9. The molecule has 0 amide bonds. The Labute approximate surface area is 319 Å². The fraction of sp³-hybridized carbons (Fsp3) is 0.927. The number of carbonyl (C=O) groups excluding carboxylic acids is 1. The summed E-state index contributed by atoms with van der Waals surface area (Å²) in [6.45, 7) is 14.5. The highest BCUT2D eigenvalue weighted by molar-refractivity contribution is 5.66. The van der Waals surface area contributed by atoms with Gasteiger partial charge in [-0.1, -0.05) is 39.3 Å². The number of rotatable bonds is 5. The minimum Gasteiger partial charge on any atom is -0.457 e. The predicted molar refractivity (Wildman–Crippen MR) is 191 cm³/mol. The molecular formula is C41H64O13. The van der Waals surface area contributed by atoms with Crippen molar-refractivity contribution in [3.05, 3.63) is 11.6 Å². The van der Waals surface area contributed by atoms with Crippen LogP contribution in [0.2, 0.25) is 0 Å². The molecule has 0 aromatic heterocycles. The Hall–Kier alpha value is -1.23. The summed E-state index contributed by atoms with van der Waals surface area (Å²) < 4.78 is 43.9. The molecular weight excluding hydrogens is 700 g/mol. The van der Waals surface area contributed by atoms with E-state index in [9.17, 15) is 30.3 Å². The molecule has 0 bridgehead atoms. The van der Waals surface area contributed by atoms with Crippen LogP contribution in [-0.4, -0.2) is 124 Å². The van der Waals surface area contributed by atoms with Crippen molar-refractivity contribution in [3.8, 4) is 0 Å². The van der Waals surface area contributed by atoms with Gasteiger partial charge in [0.25, 0.3) is 0 Å². The normalized spacial score (nSPS) is 57.0. The zero-order valence-electron chi connectivity index (χ0n) is 32.9. The summed E-state index contributed by atoms with van der Waals surface area (Å²) >= 11 is 0. The van der Waals surface area contributed by atoms with Gasteiger partial charge >= 0.3 is 5.97 Å². The number of ether oxygens (including phenoxy) is 7. The van der Waals surface area contributed by atoms with E-state index in [4.69, 9.17) is 33.2 Å². The summed E-state index contributed by atoms with van der Waals surface area (Å²) in [4.78, 5) is 11.8. The third kappa shape index (κ3) is 6.17. The number of aliphatic hydroxyl groups is 5. The van der Waals surface area contributed by atoms with Crippen molar-refractivity contribution in [2.45, 2.75) is 185 Å². The molecule has 13 heteroatoms. The van der Waals surface area contributed by atoms with E-state index in [0.29, 0.717) is 42.4 Å². The van der Waals surface area contributed by atoms with Crippen LogP contribution in [0.3, 0.4) is 0 Å². The van der Waals surface area contributed by atoms with Crippen molar-refractivity contribution in [3.63, 3.8) is 0 Å². The zero-order chi connectivity index (χ0) is 38.6. The van der Waals surface area contributed by atoms with Crippen molar-refractivity contribution in [2.24, 2.45) is 46.3 Å². The lowest BCUT2D eigenvalue weighted by molar-refractivity contribution is -0.371. The Bertz CT molecular complexity index is 1430. The van der Waals surface area contributed by atoms with Crippen LogP contribution in [0, 0.1) is 46.3 Å². The molecule has 8 aliphatic rings. The monoisotopic (exact) mass is 764 g/mol. The van der Waals surface area contributed by atoms with E-state index in [1.54, 1.807) is 13.8 Å². The summed E-state index contributed by atoms with van der Waals surface area (Å²) in [6, 6.07) is 0. The highest BCUT2D eigenvalue weighted by atomic mass is 16.8. The number of carbonyl (C=O) groups is 1. The average Bonchev–Trinajstić information content (AvgIpc) is 3.56. The summed E-state index contributed by atoms with van der Waals surface area (Å²) in [5.41, 5.74) is 0.849. The summed E-state index contributed by atoms with van der Waals surface area (Å²) in [6.07, 6.45) is -4.40. The van der Waals surface area contributed by atoms with E-state index >= 15 is 0 Å². The van der Waals surface area contributed by atoms with Crippen LogP contribution in [0.1, 0.15) is 99.8 Å². The first-order valence-electron chi connectivity index (χ1n) is 20.7. The molecule has 0 aromatic rings. The molecule has 4 aliphatic heterocycles. The fourth-order valence-corrected chi connectivity index (χ4v) is 12.9. The minimum absolute atomic E-state index is 0.115. The van der Waals surface area contributed by atoms with Crippen LogP contribution in [0.4, 0.5) is 0 Å². The van der Waals surface area contributed by atoms with Crippen molar-refractivity contribution in [1.29, 1.82) is 0 Å². The van der Waals surface area contributed by atoms with Gasteiger partial charge in [-0.05, 0) is 87.4 Å². The molecule has 54 heavy (non-hydrogen) atoms. The maximum atomic E-state index is 11.8. The lowest BCUT2D eigenvalue weighted by Crippen LogP contribution is -2.65. The predicted octanol–water partition coefficient (Wildman–Crippen LogP) is 2.96. The van der Waals surface area contributed by atoms with Gasteiger partial charge in [-0.15, -0.1) is 0 Å². The molecule has 0 radical (unpaired) electrons. The lowest BCUT2D eigenvalue weighted by atomic mass is 9.46. The first-order valence-corrected chi connectivity index (χ1v) is 20.7. The molecule has 0 aromatic carbocycles. The third-order valence-corrected chi connectivity index (χ3v) is 15.9. The first kappa shape index (κ1) is 39.6. The fourth-order valence-electron chi connectivity index (χ4n) is 12.9. The van der Waals surface area contributed by atoms with Gasteiger partial charge in [0.05, 0.1) is 37.1 Å². The summed E-state index contributed by atoms with van der Waals surface area (Å²) in [5.74, 6) is 1.27. The molecule has 22 atom stereocenters. The molecule has 0 unspecified atom stereocenters. The van der Waals surface area contributed by atoms with Gasteiger partial charge in [0.15, 0.2) is 24.5 Å². The second-order valence-electron chi connectivity index (χ2n) is 18.9. The molecule has 4 saturated heterocycles. The van der Waals surface area contributed by atoms with Crippen LogP contribution in [0.5, 0.6) is 0 Å². The highest BCUT2D eigenvalue weighted by Gasteiger charge is 2.69. The van der Waals surface area contributed by atoms with Crippen molar-refractivity contribution in [2.75, 3.05) is 6.61 Å². The number of aliphatic hydroxyl groups excluding tert-OH is 5. The van der Waals surface area contributed by atoms with Gasteiger partial charge in [0.2, 0.25) is 0 Å². The smallest absolute Gasteiger partial charge is 0.303 e. The topological polar surface area (TPSA) is 183 Å². The van der Waals surface area contributed by atoms with E-state index in [0.717, 1.165) is 45.1 Å². The second kappa shape index (κ2) is 14.2. The van der Waals surface area contributed by atoms with Gasteiger partial charge in [-0.3, -0.25) is 4.79 Å². The maximum Gasteiger partial charge on any atom is 0.303 e. The molecule has 4 heterocycles. The van der Waals surface area contributed by atoms with Crippen LogP contribution in [-0.2, 0) is 38.0 Å². The van der Waals surface area contributed by atoms with E-state index < -0.39 is 90.8 Å². The average molecular weight is 765 g/mol. The van der Waals surface area contributed by atoms with Gasteiger partial charge in [-0.2, -0.15) is 0 Å². The molecule has 3 saturated carbocycles. The molecule has 1 spiro atoms. The maximum absolute atomic E-state index is 11.8. The summed E-state index contributed by atoms with van der Waals surface area (Å²) in [5, 5.41) is 55.4. The first-order chi connectivity index (χ1) is 25.5. The van der Waals surface area contributed by atoms with Crippen molar-refractivity contribution >= 4 is 5.97 Å². The SMILES string of the molecule is CC(=O)O[C@H]1[C@@H](O)[C@H](O[C@H]2[C@H](O[C@@H]3C[C@H](O)CC4=CC[C@@H]5[C@@H](CC[C@]6(C)[C@H]7[C@H](C[C@@H]56)O[C@]5(CC[C@@H](C)CO5)[C@H]7C)[C@]43C)O[C@H](C)[C@H](O)[C@H]2O)O[C@@H](C)[C@H]1O. The van der Waals surface area contributed by atoms with Crippen LogP contribution in [0.25, 0.3) is 0 Å². The Morgan fingerprint density at radius 3 is 2.26 bits per heavy atom. The molecule has 5 N–H and O–H groups in total. The van der Waals surface area contributed by atoms with E-state index in [2.05, 4.69) is 33.8 Å². The van der Waals surface area contributed by atoms with E-state index in [-0.39, 0.29) is 17.4 Å². The molecule has 13 nitrogen and oxygen atoms in total. The quantitative estimate of drug-likeness (QED) is 0.204. The highest BCUT2D eigenvalue weighted by Crippen LogP contribution is 2.71. The van der Waals surface area contributed by atoms with E-state index in [1.807, 2.05) is 0 Å². The van der Waals surface area contributed by atoms with Crippen LogP contribution in [0.15, 0.2) is 11.6 Å². The molecule has 7 fully saturated rings. The Kier molecular flexibility index (Phi) is 10.4. The van der Waals surface area contributed by atoms with Crippen LogP contribution >= 0.6 is 0 Å². The molecule has 306 valence electrons. The number of hydrogen-bond acceptors (Lipinski definition) is 13. The van der Waals surface area contributed by atoms with E-state index in [1.165, 1.54) is 12.5 Å².